The summed E-state index contributed by atoms with van der Waals surface area (Å²) in [6.07, 6.45) is 1.57. The Morgan fingerprint density at radius 2 is 2.00 bits per heavy atom. The van der Waals surface area contributed by atoms with Crippen LogP contribution in [-0.2, 0) is 10.0 Å². The Balaban J connectivity index is 2.43. The van der Waals surface area contributed by atoms with E-state index < -0.39 is 10.0 Å². The van der Waals surface area contributed by atoms with Crippen molar-refractivity contribution in [3.63, 3.8) is 0 Å². The van der Waals surface area contributed by atoms with E-state index in [2.05, 4.69) is 9.71 Å². The summed E-state index contributed by atoms with van der Waals surface area (Å²) in [6, 6.07) is 9.28. The van der Waals surface area contributed by atoms with Gasteiger partial charge in [0.2, 0.25) is 10.0 Å². The number of nitrogens with one attached hydrogen (secondary N) is 1. The first-order chi connectivity index (χ1) is 8.12. The number of nitrogens with zero attached hydrogens (tertiary/aromatic N) is 1. The quantitative estimate of drug-likeness (QED) is 0.846. The van der Waals surface area contributed by atoms with E-state index in [1.54, 1.807) is 6.20 Å². The number of sulfonamides is 1. The lowest BCUT2D eigenvalue weighted by Gasteiger charge is -2.08. The average molecular weight is 251 g/mol. The van der Waals surface area contributed by atoms with Crippen molar-refractivity contribution in [2.24, 2.45) is 5.73 Å². The highest BCUT2D eigenvalue weighted by Crippen LogP contribution is 2.21. The molecular weight excluding hydrogens is 238 g/mol. The molecule has 0 aliphatic heterocycles. The predicted octanol–water partition coefficient (Wildman–Crippen LogP) is 0.935. The van der Waals surface area contributed by atoms with Crippen LogP contribution in [0.2, 0.25) is 0 Å². The van der Waals surface area contributed by atoms with Crippen molar-refractivity contribution < 1.29 is 8.42 Å². The van der Waals surface area contributed by atoms with Crippen molar-refractivity contribution in [1.82, 2.24) is 4.98 Å². The molecule has 0 unspecified atom stereocenters. The molecule has 1 heterocycles. The molecule has 0 amide bonds. The Labute approximate surface area is 99.7 Å². The normalized spacial score (nSPS) is 11.6. The predicted molar refractivity (Wildman–Crippen MR) is 68.2 cm³/mol. The number of benzene rings is 1. The fourth-order valence-corrected chi connectivity index (χ4v) is 2.42. The number of pyridine rings is 1. The first-order valence-electron chi connectivity index (χ1n) is 5.17. The molecular formula is C11H13N3O2S. The lowest BCUT2D eigenvalue weighted by atomic mass is 10.2. The highest BCUT2D eigenvalue weighted by molar-refractivity contribution is 7.92. The Morgan fingerprint density at radius 3 is 2.76 bits per heavy atom. The van der Waals surface area contributed by atoms with Crippen LogP contribution in [0.5, 0.6) is 0 Å². The van der Waals surface area contributed by atoms with Crippen LogP contribution in [0.25, 0.3) is 10.8 Å². The minimum absolute atomic E-state index is 0.0834. The largest absolute Gasteiger partial charge is 0.329 e. The molecule has 0 radical (unpaired) electrons. The Kier molecular flexibility index (Phi) is 3.26. The van der Waals surface area contributed by atoms with Gasteiger partial charge < -0.3 is 5.73 Å². The summed E-state index contributed by atoms with van der Waals surface area (Å²) < 4.78 is 25.7. The van der Waals surface area contributed by atoms with Crippen LogP contribution < -0.4 is 10.5 Å². The maximum absolute atomic E-state index is 11.6. The smallest absolute Gasteiger partial charge is 0.235 e. The minimum atomic E-state index is -3.41. The third kappa shape index (κ3) is 2.72. The van der Waals surface area contributed by atoms with Crippen LogP contribution in [-0.4, -0.2) is 25.7 Å². The Morgan fingerprint density at radius 1 is 1.24 bits per heavy atom. The summed E-state index contributed by atoms with van der Waals surface area (Å²) in [5.74, 6) is 0.231. The van der Waals surface area contributed by atoms with Crippen molar-refractivity contribution in [1.29, 1.82) is 0 Å². The second-order valence-corrected chi connectivity index (χ2v) is 5.43. The van der Waals surface area contributed by atoms with Gasteiger partial charge in [0.15, 0.2) is 0 Å². The topological polar surface area (TPSA) is 85.1 Å². The van der Waals surface area contributed by atoms with Gasteiger partial charge >= 0.3 is 0 Å². The van der Waals surface area contributed by atoms with E-state index in [4.69, 9.17) is 5.73 Å². The molecule has 2 aromatic rings. The van der Waals surface area contributed by atoms with Crippen LogP contribution in [0.4, 0.5) is 5.82 Å². The van der Waals surface area contributed by atoms with E-state index in [1.807, 2.05) is 30.3 Å². The third-order valence-electron chi connectivity index (χ3n) is 2.31. The SMILES string of the molecule is NCCS(=O)(=O)Nc1nccc2ccccc12. The van der Waals surface area contributed by atoms with Crippen LogP contribution in [0.15, 0.2) is 36.5 Å². The average Bonchev–Trinajstić information content (AvgIpc) is 2.29. The van der Waals surface area contributed by atoms with Gasteiger partial charge in [0.1, 0.15) is 5.82 Å². The van der Waals surface area contributed by atoms with E-state index in [1.165, 1.54) is 0 Å². The molecule has 0 spiro atoms. The molecule has 6 heteroatoms. The molecule has 1 aromatic carbocycles. The van der Waals surface area contributed by atoms with Gasteiger partial charge in [-0.2, -0.15) is 0 Å². The monoisotopic (exact) mass is 251 g/mol. The van der Waals surface area contributed by atoms with Gasteiger partial charge in [-0.3, -0.25) is 4.72 Å². The van der Waals surface area contributed by atoms with Crippen molar-refractivity contribution in [2.75, 3.05) is 17.0 Å². The lowest BCUT2D eigenvalue weighted by Crippen LogP contribution is -2.22. The molecule has 1 aromatic heterocycles. The molecule has 90 valence electrons. The van der Waals surface area contributed by atoms with Gasteiger partial charge in [-0.15, -0.1) is 0 Å². The third-order valence-corrected chi connectivity index (χ3v) is 3.59. The zero-order valence-corrected chi connectivity index (χ0v) is 9.94. The van der Waals surface area contributed by atoms with E-state index >= 15 is 0 Å². The Bertz CT molecular complexity index is 620. The molecule has 2 rings (SSSR count). The summed E-state index contributed by atoms with van der Waals surface area (Å²) >= 11 is 0. The molecule has 0 atom stereocenters. The van der Waals surface area contributed by atoms with Gasteiger partial charge in [0.25, 0.3) is 0 Å². The summed E-state index contributed by atoms with van der Waals surface area (Å²) in [6.45, 7) is 0.0834. The van der Waals surface area contributed by atoms with Crippen molar-refractivity contribution in [3.8, 4) is 0 Å². The summed E-state index contributed by atoms with van der Waals surface area (Å²) in [5, 5.41) is 1.71. The zero-order chi connectivity index (χ0) is 12.3. The molecule has 0 saturated carbocycles. The lowest BCUT2D eigenvalue weighted by molar-refractivity contribution is 0.601. The van der Waals surface area contributed by atoms with Crippen LogP contribution in [0.3, 0.4) is 0 Å². The van der Waals surface area contributed by atoms with Gasteiger partial charge in [-0.25, -0.2) is 13.4 Å². The summed E-state index contributed by atoms with van der Waals surface area (Å²) in [5.41, 5.74) is 5.24. The highest BCUT2D eigenvalue weighted by atomic mass is 32.2. The van der Waals surface area contributed by atoms with Crippen molar-refractivity contribution in [3.05, 3.63) is 36.5 Å². The first-order valence-corrected chi connectivity index (χ1v) is 6.82. The summed E-state index contributed by atoms with van der Waals surface area (Å²) in [4.78, 5) is 4.04. The fourth-order valence-electron chi connectivity index (χ4n) is 1.55. The van der Waals surface area contributed by atoms with E-state index in [-0.39, 0.29) is 12.3 Å². The van der Waals surface area contributed by atoms with Crippen LogP contribution >= 0.6 is 0 Å². The van der Waals surface area contributed by atoms with Crippen molar-refractivity contribution >= 4 is 26.6 Å². The molecule has 0 fully saturated rings. The van der Waals surface area contributed by atoms with Crippen LogP contribution in [0.1, 0.15) is 0 Å². The molecule has 17 heavy (non-hydrogen) atoms. The standard InChI is InChI=1S/C11H13N3O2S/c12-6-8-17(15,16)14-11-10-4-2-1-3-9(10)5-7-13-11/h1-5,7H,6,8,12H2,(H,13,14). The number of nitrogens with two attached hydrogens (primary N) is 1. The summed E-state index contributed by atoms with van der Waals surface area (Å²) in [7, 11) is -3.41. The van der Waals surface area contributed by atoms with E-state index in [9.17, 15) is 8.42 Å². The Hall–Kier alpha value is -1.66. The van der Waals surface area contributed by atoms with E-state index in [0.717, 1.165) is 10.8 Å². The number of aromatic nitrogens is 1. The van der Waals surface area contributed by atoms with Crippen molar-refractivity contribution in [2.45, 2.75) is 0 Å². The van der Waals surface area contributed by atoms with Gasteiger partial charge in [-0.05, 0) is 11.5 Å². The first kappa shape index (κ1) is 11.8. The maximum Gasteiger partial charge on any atom is 0.235 e. The number of fused-ring (bicyclic) bond motifs is 1. The zero-order valence-electron chi connectivity index (χ0n) is 9.13. The van der Waals surface area contributed by atoms with Crippen LogP contribution in [0, 0.1) is 0 Å². The maximum atomic E-state index is 11.6. The molecule has 3 N–H and O–H groups in total. The number of hydrogen-bond donors (Lipinski definition) is 2. The minimum Gasteiger partial charge on any atom is -0.329 e. The molecule has 0 aliphatic rings. The molecule has 5 nitrogen and oxygen atoms in total. The molecule has 0 bridgehead atoms. The van der Waals surface area contributed by atoms with E-state index in [0.29, 0.717) is 5.82 Å². The van der Waals surface area contributed by atoms with Gasteiger partial charge in [-0.1, -0.05) is 24.3 Å². The number of anilines is 1. The van der Waals surface area contributed by atoms with Gasteiger partial charge in [0, 0.05) is 18.1 Å². The number of rotatable bonds is 4. The fraction of sp³-hybridized carbons (Fsp3) is 0.182. The molecule has 0 aliphatic carbocycles. The second kappa shape index (κ2) is 4.68. The van der Waals surface area contributed by atoms with Gasteiger partial charge in [0.05, 0.1) is 5.75 Å². The highest BCUT2D eigenvalue weighted by Gasteiger charge is 2.11. The molecule has 0 saturated heterocycles. The second-order valence-electron chi connectivity index (χ2n) is 3.59. The number of hydrogen-bond acceptors (Lipinski definition) is 4.